The molecule has 0 aromatic carbocycles. The van der Waals surface area contributed by atoms with E-state index in [0.717, 1.165) is 25.7 Å². The van der Waals surface area contributed by atoms with Crippen LogP contribution in [0.3, 0.4) is 0 Å². The highest BCUT2D eigenvalue weighted by atomic mass is 16.5. The zero-order valence-corrected chi connectivity index (χ0v) is 13.3. The fourth-order valence-corrected chi connectivity index (χ4v) is 2.67. The summed E-state index contributed by atoms with van der Waals surface area (Å²) in [4.78, 5) is 16.1. The van der Waals surface area contributed by atoms with Crippen molar-refractivity contribution in [1.82, 2.24) is 10.3 Å². The maximum atomic E-state index is 11.9. The van der Waals surface area contributed by atoms with Gasteiger partial charge in [-0.25, -0.2) is 4.98 Å². The van der Waals surface area contributed by atoms with E-state index in [9.17, 15) is 4.79 Å². The molecule has 0 atom stereocenters. The van der Waals surface area contributed by atoms with Crippen molar-refractivity contribution < 1.29 is 9.53 Å². The third-order valence-electron chi connectivity index (χ3n) is 3.66. The molecule has 1 heterocycles. The van der Waals surface area contributed by atoms with Crippen LogP contribution < -0.4 is 10.1 Å². The summed E-state index contributed by atoms with van der Waals surface area (Å²) >= 11 is 0. The lowest BCUT2D eigenvalue weighted by molar-refractivity contribution is -0.123. The van der Waals surface area contributed by atoms with Gasteiger partial charge in [0.05, 0.1) is 0 Å². The summed E-state index contributed by atoms with van der Waals surface area (Å²) in [5, 5.41) is 3.15. The lowest BCUT2D eigenvalue weighted by Crippen LogP contribution is -2.40. The molecule has 1 saturated carbocycles. The van der Waals surface area contributed by atoms with Crippen LogP contribution in [0.4, 0.5) is 0 Å². The number of nitrogens with zero attached hydrogens (tertiary/aromatic N) is 1. The van der Waals surface area contributed by atoms with E-state index in [2.05, 4.69) is 31.1 Å². The standard InChI is InChI=1S/C17H26N2O2/c1-17(2,3)12-15(20)19-13-7-9-14(10-8-13)21-16-6-4-5-11-18-16/h4-6,11,13-14H,7-10,12H2,1-3H3,(H,19,20). The predicted molar refractivity (Wildman–Crippen MR) is 83.1 cm³/mol. The largest absolute Gasteiger partial charge is 0.474 e. The monoisotopic (exact) mass is 290 g/mol. The molecule has 4 heteroatoms. The Hall–Kier alpha value is -1.58. The molecule has 1 amide bonds. The van der Waals surface area contributed by atoms with Gasteiger partial charge < -0.3 is 10.1 Å². The normalized spacial score (nSPS) is 22.6. The minimum absolute atomic E-state index is 0.0450. The van der Waals surface area contributed by atoms with Crippen molar-refractivity contribution in [1.29, 1.82) is 0 Å². The van der Waals surface area contributed by atoms with Crippen LogP contribution in [0.25, 0.3) is 0 Å². The van der Waals surface area contributed by atoms with Crippen LogP contribution in [0, 0.1) is 5.41 Å². The van der Waals surface area contributed by atoms with E-state index in [0.29, 0.717) is 18.3 Å². The molecule has 1 fully saturated rings. The SMILES string of the molecule is CC(C)(C)CC(=O)NC1CCC(Oc2ccccn2)CC1. The molecule has 0 radical (unpaired) electrons. The molecule has 0 unspecified atom stereocenters. The van der Waals surface area contributed by atoms with E-state index in [1.54, 1.807) is 6.20 Å². The number of amides is 1. The zero-order chi connectivity index (χ0) is 15.3. The molecule has 1 aliphatic carbocycles. The Morgan fingerprint density at radius 1 is 1.29 bits per heavy atom. The van der Waals surface area contributed by atoms with Gasteiger partial charge in [0.2, 0.25) is 11.8 Å². The summed E-state index contributed by atoms with van der Waals surface area (Å²) in [5.41, 5.74) is 0.0450. The van der Waals surface area contributed by atoms with Crippen LogP contribution in [-0.4, -0.2) is 23.0 Å². The third-order valence-corrected chi connectivity index (χ3v) is 3.66. The van der Waals surface area contributed by atoms with E-state index in [-0.39, 0.29) is 17.4 Å². The Balaban J connectivity index is 1.72. The number of hydrogen-bond acceptors (Lipinski definition) is 3. The second-order valence-electron chi connectivity index (χ2n) is 7.06. The molecule has 4 nitrogen and oxygen atoms in total. The summed E-state index contributed by atoms with van der Waals surface area (Å²) in [6.45, 7) is 6.26. The zero-order valence-electron chi connectivity index (χ0n) is 13.3. The van der Waals surface area contributed by atoms with Gasteiger partial charge in [-0.3, -0.25) is 4.79 Å². The van der Waals surface area contributed by atoms with E-state index in [1.165, 1.54) is 0 Å². The number of rotatable bonds is 4. The molecular formula is C17H26N2O2. The first kappa shape index (κ1) is 15.8. The third kappa shape index (κ3) is 5.74. The first-order chi connectivity index (χ1) is 9.92. The van der Waals surface area contributed by atoms with Gasteiger partial charge >= 0.3 is 0 Å². The smallest absolute Gasteiger partial charge is 0.220 e. The van der Waals surface area contributed by atoms with Crippen molar-refractivity contribution in [3.05, 3.63) is 24.4 Å². The first-order valence-electron chi connectivity index (χ1n) is 7.79. The van der Waals surface area contributed by atoms with Gasteiger partial charge in [-0.05, 0) is 37.2 Å². The molecular weight excluding hydrogens is 264 g/mol. The molecule has 116 valence electrons. The summed E-state index contributed by atoms with van der Waals surface area (Å²) in [7, 11) is 0. The minimum Gasteiger partial charge on any atom is -0.474 e. The average Bonchev–Trinajstić information content (AvgIpc) is 2.40. The fraction of sp³-hybridized carbons (Fsp3) is 0.647. The van der Waals surface area contributed by atoms with Crippen LogP contribution in [0.5, 0.6) is 5.88 Å². The maximum Gasteiger partial charge on any atom is 0.220 e. The van der Waals surface area contributed by atoms with Crippen molar-refractivity contribution in [2.45, 2.75) is 65.0 Å². The number of ether oxygens (including phenoxy) is 1. The Bertz CT molecular complexity index is 446. The molecule has 1 aromatic rings. The Labute approximate surface area is 127 Å². The van der Waals surface area contributed by atoms with E-state index >= 15 is 0 Å². The average molecular weight is 290 g/mol. The van der Waals surface area contributed by atoms with Crippen molar-refractivity contribution in [3.63, 3.8) is 0 Å². The van der Waals surface area contributed by atoms with Crippen LogP contribution in [0.2, 0.25) is 0 Å². The van der Waals surface area contributed by atoms with E-state index in [4.69, 9.17) is 4.74 Å². The molecule has 1 aliphatic rings. The summed E-state index contributed by atoms with van der Waals surface area (Å²) in [5.74, 6) is 0.856. The van der Waals surface area contributed by atoms with Crippen molar-refractivity contribution in [2.24, 2.45) is 5.41 Å². The highest BCUT2D eigenvalue weighted by Gasteiger charge is 2.25. The Kier molecular flexibility index (Phi) is 5.21. The molecule has 2 rings (SSSR count). The molecule has 0 bridgehead atoms. The Morgan fingerprint density at radius 2 is 2.00 bits per heavy atom. The quantitative estimate of drug-likeness (QED) is 0.925. The van der Waals surface area contributed by atoms with Crippen LogP contribution in [-0.2, 0) is 4.79 Å². The van der Waals surface area contributed by atoms with E-state index in [1.807, 2.05) is 18.2 Å². The predicted octanol–water partition coefficient (Wildman–Crippen LogP) is 3.32. The number of pyridine rings is 1. The highest BCUT2D eigenvalue weighted by molar-refractivity contribution is 5.76. The van der Waals surface area contributed by atoms with Gasteiger partial charge in [-0.1, -0.05) is 26.8 Å². The number of carbonyl (C=O) groups excluding carboxylic acids is 1. The summed E-state index contributed by atoms with van der Waals surface area (Å²) in [6.07, 6.45) is 6.44. The fourth-order valence-electron chi connectivity index (χ4n) is 2.67. The van der Waals surface area contributed by atoms with Gasteiger partial charge in [0.15, 0.2) is 0 Å². The molecule has 21 heavy (non-hydrogen) atoms. The first-order valence-corrected chi connectivity index (χ1v) is 7.79. The highest BCUT2D eigenvalue weighted by Crippen LogP contribution is 2.24. The van der Waals surface area contributed by atoms with Gasteiger partial charge in [0.1, 0.15) is 6.10 Å². The second-order valence-corrected chi connectivity index (χ2v) is 7.06. The van der Waals surface area contributed by atoms with Gasteiger partial charge in [0.25, 0.3) is 0 Å². The molecule has 0 spiro atoms. The number of hydrogen-bond donors (Lipinski definition) is 1. The van der Waals surface area contributed by atoms with Crippen molar-refractivity contribution in [3.8, 4) is 5.88 Å². The summed E-state index contributed by atoms with van der Waals surface area (Å²) < 4.78 is 5.87. The van der Waals surface area contributed by atoms with Gasteiger partial charge in [-0.2, -0.15) is 0 Å². The molecule has 0 saturated heterocycles. The topological polar surface area (TPSA) is 51.2 Å². The van der Waals surface area contributed by atoms with Gasteiger partial charge in [0, 0.05) is 24.7 Å². The minimum atomic E-state index is 0.0450. The van der Waals surface area contributed by atoms with E-state index < -0.39 is 0 Å². The van der Waals surface area contributed by atoms with Crippen LogP contribution >= 0.6 is 0 Å². The summed E-state index contributed by atoms with van der Waals surface area (Å²) in [6, 6.07) is 6.00. The number of nitrogens with one attached hydrogen (secondary N) is 1. The second kappa shape index (κ2) is 6.92. The Morgan fingerprint density at radius 3 is 2.57 bits per heavy atom. The van der Waals surface area contributed by atoms with Crippen molar-refractivity contribution in [2.75, 3.05) is 0 Å². The van der Waals surface area contributed by atoms with Crippen LogP contribution in [0.15, 0.2) is 24.4 Å². The van der Waals surface area contributed by atoms with Gasteiger partial charge in [-0.15, -0.1) is 0 Å². The maximum absolute atomic E-state index is 11.9. The number of aromatic nitrogens is 1. The van der Waals surface area contributed by atoms with Crippen LogP contribution in [0.1, 0.15) is 52.9 Å². The van der Waals surface area contributed by atoms with Crippen molar-refractivity contribution >= 4 is 5.91 Å². The molecule has 1 N–H and O–H groups in total. The number of carbonyl (C=O) groups is 1. The molecule has 0 aliphatic heterocycles. The molecule has 1 aromatic heterocycles. The lowest BCUT2D eigenvalue weighted by atomic mass is 9.90. The lowest BCUT2D eigenvalue weighted by Gasteiger charge is -2.30.